The van der Waals surface area contributed by atoms with E-state index in [2.05, 4.69) is 10.6 Å². The lowest BCUT2D eigenvalue weighted by atomic mass is 10.2. The average molecular weight is 357 g/mol. The standard InChI is InChI=1S/C19H20FN3O3/c1-26-17-9-8-13(12-14(17)20)18(24)21-15-6-2-3-7-16(15)22-19(25)23-10-4-5-11-23/h2-3,6-9,12H,4-5,10-11H2,1H3,(H,21,24)(H,22,25). The Labute approximate surface area is 150 Å². The second-order valence-electron chi connectivity index (χ2n) is 5.97. The third kappa shape index (κ3) is 3.93. The normalized spacial score (nSPS) is 13.4. The number of likely N-dealkylation sites (tertiary alicyclic amines) is 1. The molecule has 26 heavy (non-hydrogen) atoms. The van der Waals surface area contributed by atoms with E-state index >= 15 is 0 Å². The lowest BCUT2D eigenvalue weighted by Crippen LogP contribution is -2.32. The fourth-order valence-electron chi connectivity index (χ4n) is 2.82. The summed E-state index contributed by atoms with van der Waals surface area (Å²) < 4.78 is 18.7. The van der Waals surface area contributed by atoms with Gasteiger partial charge in [0.15, 0.2) is 11.6 Å². The summed E-state index contributed by atoms with van der Waals surface area (Å²) in [6.07, 6.45) is 1.99. The van der Waals surface area contributed by atoms with Gasteiger partial charge in [0, 0.05) is 18.7 Å². The van der Waals surface area contributed by atoms with Crippen molar-refractivity contribution in [3.8, 4) is 5.75 Å². The van der Waals surface area contributed by atoms with Crippen molar-refractivity contribution in [1.29, 1.82) is 0 Å². The highest BCUT2D eigenvalue weighted by atomic mass is 19.1. The number of ether oxygens (including phenoxy) is 1. The van der Waals surface area contributed by atoms with Crippen molar-refractivity contribution in [2.45, 2.75) is 12.8 Å². The van der Waals surface area contributed by atoms with E-state index in [1.54, 1.807) is 29.2 Å². The van der Waals surface area contributed by atoms with Gasteiger partial charge in [-0.1, -0.05) is 12.1 Å². The minimum absolute atomic E-state index is 0.0693. The Bertz CT molecular complexity index is 819. The number of carbonyl (C=O) groups is 2. The van der Waals surface area contributed by atoms with E-state index in [4.69, 9.17) is 4.74 Å². The van der Waals surface area contributed by atoms with E-state index in [0.717, 1.165) is 32.0 Å². The smallest absolute Gasteiger partial charge is 0.321 e. The van der Waals surface area contributed by atoms with Gasteiger partial charge in [-0.15, -0.1) is 0 Å². The van der Waals surface area contributed by atoms with Crippen LogP contribution in [0.2, 0.25) is 0 Å². The number of benzene rings is 2. The van der Waals surface area contributed by atoms with Gasteiger partial charge in [-0.25, -0.2) is 9.18 Å². The number of hydrogen-bond donors (Lipinski definition) is 2. The molecule has 2 aromatic rings. The molecule has 0 radical (unpaired) electrons. The number of halogens is 1. The molecule has 3 rings (SSSR count). The Balaban J connectivity index is 1.74. The van der Waals surface area contributed by atoms with Crippen LogP contribution in [-0.2, 0) is 0 Å². The van der Waals surface area contributed by atoms with Crippen molar-refractivity contribution in [2.75, 3.05) is 30.8 Å². The molecule has 1 aliphatic heterocycles. The first-order valence-corrected chi connectivity index (χ1v) is 8.38. The maximum Gasteiger partial charge on any atom is 0.321 e. The van der Waals surface area contributed by atoms with Crippen LogP contribution in [0.4, 0.5) is 20.6 Å². The van der Waals surface area contributed by atoms with Gasteiger partial charge in [0.1, 0.15) is 0 Å². The molecule has 0 spiro atoms. The molecule has 0 unspecified atom stereocenters. The topological polar surface area (TPSA) is 70.7 Å². The zero-order valence-electron chi connectivity index (χ0n) is 14.4. The lowest BCUT2D eigenvalue weighted by molar-refractivity contribution is 0.102. The van der Waals surface area contributed by atoms with Crippen LogP contribution < -0.4 is 15.4 Å². The molecule has 0 saturated carbocycles. The molecule has 1 aliphatic rings. The monoisotopic (exact) mass is 357 g/mol. The average Bonchev–Trinajstić information content (AvgIpc) is 3.18. The Morgan fingerprint density at radius 3 is 2.31 bits per heavy atom. The van der Waals surface area contributed by atoms with Crippen LogP contribution in [-0.4, -0.2) is 37.0 Å². The third-order valence-corrected chi connectivity index (χ3v) is 4.22. The highest BCUT2D eigenvalue weighted by Crippen LogP contribution is 2.24. The number of methoxy groups -OCH3 is 1. The van der Waals surface area contributed by atoms with E-state index in [0.29, 0.717) is 11.4 Å². The van der Waals surface area contributed by atoms with Gasteiger partial charge < -0.3 is 20.3 Å². The molecule has 1 heterocycles. The summed E-state index contributed by atoms with van der Waals surface area (Å²) in [4.78, 5) is 26.4. The number of nitrogens with zero attached hydrogens (tertiary/aromatic N) is 1. The first-order chi connectivity index (χ1) is 12.6. The van der Waals surface area contributed by atoms with Crippen LogP contribution in [0.25, 0.3) is 0 Å². The molecule has 2 aromatic carbocycles. The number of nitrogens with one attached hydrogen (secondary N) is 2. The number of hydrogen-bond acceptors (Lipinski definition) is 3. The van der Waals surface area contributed by atoms with Crippen molar-refractivity contribution < 1.29 is 18.7 Å². The number of urea groups is 1. The first-order valence-electron chi connectivity index (χ1n) is 8.38. The molecule has 0 aliphatic carbocycles. The molecule has 0 atom stereocenters. The van der Waals surface area contributed by atoms with E-state index in [1.807, 2.05) is 0 Å². The van der Waals surface area contributed by atoms with Gasteiger partial charge in [-0.05, 0) is 43.2 Å². The summed E-state index contributed by atoms with van der Waals surface area (Å²) in [7, 11) is 1.36. The van der Waals surface area contributed by atoms with Crippen LogP contribution in [0.1, 0.15) is 23.2 Å². The minimum atomic E-state index is -0.615. The van der Waals surface area contributed by atoms with Gasteiger partial charge in [0.25, 0.3) is 5.91 Å². The van der Waals surface area contributed by atoms with Crippen LogP contribution in [0.3, 0.4) is 0 Å². The second kappa shape index (κ2) is 7.86. The van der Waals surface area contributed by atoms with Crippen molar-refractivity contribution in [1.82, 2.24) is 4.90 Å². The first kappa shape index (κ1) is 17.7. The predicted octanol–water partition coefficient (Wildman–Crippen LogP) is 3.71. The van der Waals surface area contributed by atoms with Crippen molar-refractivity contribution >= 4 is 23.3 Å². The van der Waals surface area contributed by atoms with Gasteiger partial charge >= 0.3 is 6.03 Å². The van der Waals surface area contributed by atoms with Gasteiger partial charge in [-0.2, -0.15) is 0 Å². The number of amides is 3. The third-order valence-electron chi connectivity index (χ3n) is 4.22. The Kier molecular flexibility index (Phi) is 5.36. The van der Waals surface area contributed by atoms with Crippen LogP contribution in [0, 0.1) is 5.82 Å². The Hall–Kier alpha value is -3.09. The van der Waals surface area contributed by atoms with Gasteiger partial charge in [0.2, 0.25) is 0 Å². The Morgan fingerprint density at radius 1 is 1.04 bits per heavy atom. The van der Waals surface area contributed by atoms with E-state index in [1.165, 1.54) is 19.2 Å². The fourth-order valence-corrected chi connectivity index (χ4v) is 2.82. The second-order valence-corrected chi connectivity index (χ2v) is 5.97. The zero-order chi connectivity index (χ0) is 18.5. The summed E-state index contributed by atoms with van der Waals surface area (Å²) in [5.41, 5.74) is 1.09. The molecule has 2 N–H and O–H groups in total. The van der Waals surface area contributed by atoms with E-state index in [9.17, 15) is 14.0 Å². The number of para-hydroxylation sites is 2. The summed E-state index contributed by atoms with van der Waals surface area (Å²) in [5, 5.41) is 5.52. The summed E-state index contributed by atoms with van der Waals surface area (Å²) in [6, 6.07) is 10.7. The van der Waals surface area contributed by atoms with Gasteiger partial charge in [-0.3, -0.25) is 4.79 Å². The van der Waals surface area contributed by atoms with Crippen molar-refractivity contribution in [3.05, 3.63) is 53.8 Å². The van der Waals surface area contributed by atoms with Crippen LogP contribution >= 0.6 is 0 Å². The molecular weight excluding hydrogens is 337 g/mol. The highest BCUT2D eigenvalue weighted by molar-refractivity contribution is 6.07. The molecule has 7 heteroatoms. The van der Waals surface area contributed by atoms with E-state index < -0.39 is 11.7 Å². The molecule has 0 aromatic heterocycles. The van der Waals surface area contributed by atoms with Crippen molar-refractivity contribution in [2.24, 2.45) is 0 Å². The maximum atomic E-state index is 13.8. The molecule has 1 fully saturated rings. The molecule has 1 saturated heterocycles. The number of carbonyl (C=O) groups excluding carboxylic acids is 2. The maximum absolute atomic E-state index is 13.8. The quantitative estimate of drug-likeness (QED) is 0.876. The minimum Gasteiger partial charge on any atom is -0.494 e. The number of anilines is 2. The van der Waals surface area contributed by atoms with E-state index in [-0.39, 0.29) is 17.3 Å². The summed E-state index contributed by atoms with van der Waals surface area (Å²) in [6.45, 7) is 1.46. The predicted molar refractivity (Wildman–Crippen MR) is 97.2 cm³/mol. The lowest BCUT2D eigenvalue weighted by Gasteiger charge is -2.18. The summed E-state index contributed by atoms with van der Waals surface area (Å²) in [5.74, 6) is -1.02. The van der Waals surface area contributed by atoms with Crippen LogP contribution in [0.5, 0.6) is 5.75 Å². The fraction of sp³-hybridized carbons (Fsp3) is 0.263. The van der Waals surface area contributed by atoms with Crippen molar-refractivity contribution in [3.63, 3.8) is 0 Å². The van der Waals surface area contributed by atoms with Crippen LogP contribution in [0.15, 0.2) is 42.5 Å². The molecular formula is C19H20FN3O3. The summed E-state index contributed by atoms with van der Waals surface area (Å²) >= 11 is 0. The Morgan fingerprint density at radius 2 is 1.69 bits per heavy atom. The molecule has 6 nitrogen and oxygen atoms in total. The highest BCUT2D eigenvalue weighted by Gasteiger charge is 2.19. The molecule has 0 bridgehead atoms. The number of rotatable bonds is 4. The zero-order valence-corrected chi connectivity index (χ0v) is 14.4. The largest absolute Gasteiger partial charge is 0.494 e. The molecule has 3 amide bonds. The molecule has 136 valence electrons. The van der Waals surface area contributed by atoms with Gasteiger partial charge in [0.05, 0.1) is 18.5 Å². The SMILES string of the molecule is COc1ccc(C(=O)Nc2ccccc2NC(=O)N2CCCC2)cc1F.